The van der Waals surface area contributed by atoms with E-state index in [1.165, 1.54) is 57.8 Å². The molecular formula is C15H29NO. The van der Waals surface area contributed by atoms with Crippen molar-refractivity contribution in [2.45, 2.75) is 76.4 Å². The fourth-order valence-corrected chi connectivity index (χ4v) is 3.63. The number of hydrogen-bond acceptors (Lipinski definition) is 2. The molecule has 2 aliphatic rings. The molecule has 100 valence electrons. The lowest BCUT2D eigenvalue weighted by Gasteiger charge is -2.41. The van der Waals surface area contributed by atoms with Crippen LogP contribution in [0.3, 0.4) is 0 Å². The second kappa shape index (κ2) is 6.19. The van der Waals surface area contributed by atoms with Crippen molar-refractivity contribution in [1.82, 2.24) is 5.32 Å². The standard InChI is InChI=1S/C15H29NO/c1-3-13-8-10-15(11-9-13,12-16-2)17-14-6-4-5-7-14/h13-14,16H,3-12H2,1-2H3. The molecule has 0 heterocycles. The molecule has 2 fully saturated rings. The summed E-state index contributed by atoms with van der Waals surface area (Å²) in [5.41, 5.74) is 0.162. The van der Waals surface area contributed by atoms with Crippen LogP contribution < -0.4 is 5.32 Å². The van der Waals surface area contributed by atoms with Crippen LogP contribution >= 0.6 is 0 Å². The lowest BCUT2D eigenvalue weighted by molar-refractivity contribution is -0.114. The van der Waals surface area contributed by atoms with E-state index in [2.05, 4.69) is 19.3 Å². The average Bonchev–Trinajstić information content (AvgIpc) is 2.83. The smallest absolute Gasteiger partial charge is 0.0810 e. The first kappa shape index (κ1) is 13.4. The van der Waals surface area contributed by atoms with Gasteiger partial charge in [0.15, 0.2) is 0 Å². The van der Waals surface area contributed by atoms with Crippen molar-refractivity contribution in [3.8, 4) is 0 Å². The lowest BCUT2D eigenvalue weighted by atomic mass is 9.77. The molecule has 0 amide bonds. The Morgan fingerprint density at radius 3 is 2.29 bits per heavy atom. The Bertz CT molecular complexity index is 215. The number of ether oxygens (including phenoxy) is 1. The SMILES string of the molecule is CCC1CCC(CNC)(OC2CCCC2)CC1. The van der Waals surface area contributed by atoms with E-state index in [9.17, 15) is 0 Å². The van der Waals surface area contributed by atoms with E-state index in [0.29, 0.717) is 6.10 Å². The number of likely N-dealkylation sites (N-methyl/N-ethyl adjacent to an activating group) is 1. The first-order chi connectivity index (χ1) is 8.28. The lowest BCUT2D eigenvalue weighted by Crippen LogP contribution is -2.47. The van der Waals surface area contributed by atoms with Crippen LogP contribution in [0.25, 0.3) is 0 Å². The van der Waals surface area contributed by atoms with Crippen molar-refractivity contribution in [2.75, 3.05) is 13.6 Å². The average molecular weight is 239 g/mol. The van der Waals surface area contributed by atoms with E-state index in [1.54, 1.807) is 0 Å². The molecule has 2 nitrogen and oxygen atoms in total. The zero-order chi connectivity index (χ0) is 12.1. The summed E-state index contributed by atoms with van der Waals surface area (Å²) < 4.78 is 6.51. The van der Waals surface area contributed by atoms with E-state index in [4.69, 9.17) is 4.74 Å². The molecule has 2 rings (SSSR count). The molecule has 0 spiro atoms. The Hall–Kier alpha value is -0.0800. The topological polar surface area (TPSA) is 21.3 Å². The van der Waals surface area contributed by atoms with Gasteiger partial charge in [-0.05, 0) is 51.5 Å². The molecule has 2 heteroatoms. The maximum atomic E-state index is 6.51. The molecule has 2 aliphatic carbocycles. The second-order valence-electron chi connectivity index (χ2n) is 6.09. The fraction of sp³-hybridized carbons (Fsp3) is 1.00. The Morgan fingerprint density at radius 1 is 1.12 bits per heavy atom. The molecule has 0 aromatic rings. The van der Waals surface area contributed by atoms with Crippen LogP contribution in [0.2, 0.25) is 0 Å². The van der Waals surface area contributed by atoms with E-state index >= 15 is 0 Å². The summed E-state index contributed by atoms with van der Waals surface area (Å²) in [6, 6.07) is 0. The molecular weight excluding hydrogens is 210 g/mol. The van der Waals surface area contributed by atoms with Gasteiger partial charge in [-0.25, -0.2) is 0 Å². The van der Waals surface area contributed by atoms with Gasteiger partial charge in [0, 0.05) is 6.54 Å². The molecule has 17 heavy (non-hydrogen) atoms. The molecule has 1 N–H and O–H groups in total. The van der Waals surface area contributed by atoms with E-state index in [1.807, 2.05) is 0 Å². The van der Waals surface area contributed by atoms with Crippen LogP contribution in [0, 0.1) is 5.92 Å². The van der Waals surface area contributed by atoms with Gasteiger partial charge in [-0.15, -0.1) is 0 Å². The first-order valence-electron chi connectivity index (χ1n) is 7.60. The van der Waals surface area contributed by atoms with Crippen LogP contribution in [-0.2, 0) is 4.74 Å². The van der Waals surface area contributed by atoms with Crippen LogP contribution in [0.4, 0.5) is 0 Å². The van der Waals surface area contributed by atoms with Gasteiger partial charge in [-0.3, -0.25) is 0 Å². The van der Waals surface area contributed by atoms with E-state index in [-0.39, 0.29) is 5.60 Å². The highest BCUT2D eigenvalue weighted by Gasteiger charge is 2.37. The van der Waals surface area contributed by atoms with Gasteiger partial charge >= 0.3 is 0 Å². The van der Waals surface area contributed by atoms with Crippen molar-refractivity contribution in [2.24, 2.45) is 5.92 Å². The van der Waals surface area contributed by atoms with Crippen molar-refractivity contribution in [1.29, 1.82) is 0 Å². The number of hydrogen-bond donors (Lipinski definition) is 1. The summed E-state index contributed by atoms with van der Waals surface area (Å²) in [6.07, 6.45) is 12.5. The van der Waals surface area contributed by atoms with E-state index < -0.39 is 0 Å². The van der Waals surface area contributed by atoms with Gasteiger partial charge in [-0.1, -0.05) is 26.2 Å². The monoisotopic (exact) mass is 239 g/mol. The predicted octanol–water partition coefficient (Wildman–Crippen LogP) is 3.50. The summed E-state index contributed by atoms with van der Waals surface area (Å²) in [7, 11) is 2.06. The molecule has 0 aliphatic heterocycles. The van der Waals surface area contributed by atoms with Gasteiger partial charge in [0.2, 0.25) is 0 Å². The van der Waals surface area contributed by atoms with Crippen molar-refractivity contribution < 1.29 is 4.74 Å². The van der Waals surface area contributed by atoms with Gasteiger partial charge in [0.25, 0.3) is 0 Å². The van der Waals surface area contributed by atoms with Crippen LogP contribution in [0.1, 0.15) is 64.7 Å². The summed E-state index contributed by atoms with van der Waals surface area (Å²) in [6.45, 7) is 3.37. The van der Waals surface area contributed by atoms with Crippen LogP contribution in [0.5, 0.6) is 0 Å². The third-order valence-corrected chi connectivity index (χ3v) is 4.81. The first-order valence-corrected chi connectivity index (χ1v) is 7.60. The summed E-state index contributed by atoms with van der Waals surface area (Å²) in [4.78, 5) is 0. The molecule has 0 saturated heterocycles. The second-order valence-corrected chi connectivity index (χ2v) is 6.09. The highest BCUT2D eigenvalue weighted by molar-refractivity contribution is 4.90. The Kier molecular flexibility index (Phi) is 4.87. The van der Waals surface area contributed by atoms with Gasteiger partial charge in [-0.2, -0.15) is 0 Å². The van der Waals surface area contributed by atoms with E-state index in [0.717, 1.165) is 12.5 Å². The number of nitrogens with one attached hydrogen (secondary N) is 1. The van der Waals surface area contributed by atoms with Crippen molar-refractivity contribution in [3.63, 3.8) is 0 Å². The third kappa shape index (κ3) is 3.45. The molecule has 0 aromatic carbocycles. The molecule has 0 unspecified atom stereocenters. The zero-order valence-corrected chi connectivity index (χ0v) is 11.6. The Labute approximate surface area is 107 Å². The highest BCUT2D eigenvalue weighted by atomic mass is 16.5. The molecule has 0 aromatic heterocycles. The molecule has 2 saturated carbocycles. The predicted molar refractivity (Wildman–Crippen MR) is 72.2 cm³/mol. The minimum absolute atomic E-state index is 0.162. The Balaban J connectivity index is 1.90. The summed E-state index contributed by atoms with van der Waals surface area (Å²) >= 11 is 0. The largest absolute Gasteiger partial charge is 0.370 e. The summed E-state index contributed by atoms with van der Waals surface area (Å²) in [5.74, 6) is 0.951. The minimum atomic E-state index is 0.162. The minimum Gasteiger partial charge on any atom is -0.370 e. The van der Waals surface area contributed by atoms with Gasteiger partial charge in [0.1, 0.15) is 0 Å². The van der Waals surface area contributed by atoms with Crippen LogP contribution in [-0.4, -0.2) is 25.3 Å². The van der Waals surface area contributed by atoms with Crippen LogP contribution in [0.15, 0.2) is 0 Å². The fourth-order valence-electron chi connectivity index (χ4n) is 3.63. The number of rotatable bonds is 5. The summed E-state index contributed by atoms with van der Waals surface area (Å²) in [5, 5.41) is 3.36. The quantitative estimate of drug-likeness (QED) is 0.793. The molecule has 0 radical (unpaired) electrons. The normalized spacial score (nSPS) is 35.3. The zero-order valence-electron chi connectivity index (χ0n) is 11.6. The van der Waals surface area contributed by atoms with Crippen molar-refractivity contribution >= 4 is 0 Å². The van der Waals surface area contributed by atoms with Gasteiger partial charge < -0.3 is 10.1 Å². The maximum absolute atomic E-state index is 6.51. The molecule has 0 atom stereocenters. The third-order valence-electron chi connectivity index (χ3n) is 4.81. The maximum Gasteiger partial charge on any atom is 0.0810 e. The Morgan fingerprint density at radius 2 is 1.76 bits per heavy atom. The highest BCUT2D eigenvalue weighted by Crippen LogP contribution is 2.38. The molecule has 0 bridgehead atoms. The van der Waals surface area contributed by atoms with Crippen molar-refractivity contribution in [3.05, 3.63) is 0 Å². The van der Waals surface area contributed by atoms with Gasteiger partial charge in [0.05, 0.1) is 11.7 Å².